The van der Waals surface area contributed by atoms with Gasteiger partial charge in [0.05, 0.1) is 0 Å². The Bertz CT molecular complexity index is 241. The topological polar surface area (TPSA) is 40.5 Å². The summed E-state index contributed by atoms with van der Waals surface area (Å²) in [6.07, 6.45) is 16.6. The van der Waals surface area contributed by atoms with E-state index >= 15 is 0 Å². The zero-order valence-electron chi connectivity index (χ0n) is 14.6. The Labute approximate surface area is 132 Å². The standard InChI is InChI=1S/C18H37NO2/c1-4-5-6-7-8-9-10-11-12-13-14-15-16-17(18(20)21)19(2)3/h17H,4-16H2,1-3H3,(H,20,21)/t17-/m1/s1. The Morgan fingerprint density at radius 2 is 1.19 bits per heavy atom. The maximum absolute atomic E-state index is 11.0. The lowest BCUT2D eigenvalue weighted by atomic mass is 10.0. The molecular weight excluding hydrogens is 262 g/mol. The number of rotatable bonds is 15. The molecule has 0 amide bonds. The minimum Gasteiger partial charge on any atom is -0.480 e. The number of carboxylic acids is 1. The fourth-order valence-corrected chi connectivity index (χ4v) is 2.78. The second-order valence-corrected chi connectivity index (χ2v) is 6.50. The van der Waals surface area contributed by atoms with Gasteiger partial charge in [-0.1, -0.05) is 84.0 Å². The van der Waals surface area contributed by atoms with Gasteiger partial charge in [-0.15, -0.1) is 0 Å². The van der Waals surface area contributed by atoms with Crippen molar-refractivity contribution in [3.63, 3.8) is 0 Å². The molecule has 1 N–H and O–H groups in total. The molecule has 0 bridgehead atoms. The number of nitrogens with zero attached hydrogens (tertiary/aromatic N) is 1. The monoisotopic (exact) mass is 299 g/mol. The van der Waals surface area contributed by atoms with E-state index in [1.54, 1.807) is 4.90 Å². The third-order valence-electron chi connectivity index (χ3n) is 4.24. The second kappa shape index (κ2) is 14.4. The van der Waals surface area contributed by atoms with Crippen LogP contribution in [0.15, 0.2) is 0 Å². The lowest BCUT2D eigenvalue weighted by Crippen LogP contribution is -2.35. The van der Waals surface area contributed by atoms with Crippen LogP contribution < -0.4 is 0 Å². The van der Waals surface area contributed by atoms with Crippen molar-refractivity contribution in [1.29, 1.82) is 0 Å². The van der Waals surface area contributed by atoms with Crippen LogP contribution >= 0.6 is 0 Å². The highest BCUT2D eigenvalue weighted by Gasteiger charge is 2.18. The Kier molecular flexibility index (Phi) is 14.0. The first kappa shape index (κ1) is 20.4. The number of hydrogen-bond donors (Lipinski definition) is 1. The van der Waals surface area contributed by atoms with Crippen LogP contribution in [0.25, 0.3) is 0 Å². The molecule has 0 aromatic rings. The summed E-state index contributed by atoms with van der Waals surface area (Å²) in [6.45, 7) is 2.26. The molecule has 0 heterocycles. The summed E-state index contributed by atoms with van der Waals surface area (Å²) < 4.78 is 0. The van der Waals surface area contributed by atoms with Gasteiger partial charge in [-0.2, -0.15) is 0 Å². The Balaban J connectivity index is 3.27. The van der Waals surface area contributed by atoms with Crippen molar-refractivity contribution in [2.24, 2.45) is 0 Å². The number of unbranched alkanes of at least 4 members (excludes halogenated alkanes) is 11. The lowest BCUT2D eigenvalue weighted by molar-refractivity contribution is -0.142. The molecular formula is C18H37NO2. The van der Waals surface area contributed by atoms with Crippen LogP contribution in [0.1, 0.15) is 90.4 Å². The SMILES string of the molecule is CCCCCCCCCCCCCC[C@H](C(=O)O)N(C)C. The number of carbonyl (C=O) groups is 1. The summed E-state index contributed by atoms with van der Waals surface area (Å²) in [7, 11) is 3.69. The first-order chi connectivity index (χ1) is 10.1. The molecule has 0 radical (unpaired) electrons. The molecule has 0 aliphatic rings. The van der Waals surface area contributed by atoms with E-state index in [0.29, 0.717) is 0 Å². The minimum atomic E-state index is -0.692. The van der Waals surface area contributed by atoms with E-state index in [1.165, 1.54) is 70.6 Å². The number of carboxylic acid groups (broad SMARTS) is 1. The Hall–Kier alpha value is -0.570. The van der Waals surface area contributed by atoms with E-state index in [2.05, 4.69) is 6.92 Å². The van der Waals surface area contributed by atoms with Gasteiger partial charge in [-0.05, 0) is 20.5 Å². The molecule has 3 heteroatoms. The third kappa shape index (κ3) is 12.9. The molecule has 0 aliphatic heterocycles. The zero-order chi connectivity index (χ0) is 15.9. The van der Waals surface area contributed by atoms with Gasteiger partial charge < -0.3 is 5.11 Å². The highest BCUT2D eigenvalue weighted by molar-refractivity contribution is 5.73. The van der Waals surface area contributed by atoms with Gasteiger partial charge in [0.1, 0.15) is 6.04 Å². The average molecular weight is 299 g/mol. The molecule has 3 nitrogen and oxygen atoms in total. The van der Waals surface area contributed by atoms with Crippen molar-refractivity contribution >= 4 is 5.97 Å². The van der Waals surface area contributed by atoms with Crippen molar-refractivity contribution < 1.29 is 9.90 Å². The molecule has 1 atom stereocenters. The van der Waals surface area contributed by atoms with E-state index in [0.717, 1.165) is 12.8 Å². The van der Waals surface area contributed by atoms with Gasteiger partial charge in [0, 0.05) is 0 Å². The molecule has 21 heavy (non-hydrogen) atoms. The zero-order valence-corrected chi connectivity index (χ0v) is 14.6. The van der Waals surface area contributed by atoms with Gasteiger partial charge in [0.25, 0.3) is 0 Å². The minimum absolute atomic E-state index is 0.312. The van der Waals surface area contributed by atoms with Crippen LogP contribution in [0, 0.1) is 0 Å². The van der Waals surface area contributed by atoms with E-state index in [9.17, 15) is 4.79 Å². The molecule has 0 spiro atoms. The van der Waals surface area contributed by atoms with Crippen LogP contribution in [-0.2, 0) is 4.79 Å². The van der Waals surface area contributed by atoms with Crippen LogP contribution in [-0.4, -0.2) is 36.1 Å². The first-order valence-corrected chi connectivity index (χ1v) is 8.98. The van der Waals surface area contributed by atoms with Crippen molar-refractivity contribution in [2.75, 3.05) is 14.1 Å². The van der Waals surface area contributed by atoms with E-state index in [1.807, 2.05) is 14.1 Å². The molecule has 0 fully saturated rings. The van der Waals surface area contributed by atoms with E-state index in [-0.39, 0.29) is 6.04 Å². The molecule has 0 aliphatic carbocycles. The van der Waals surface area contributed by atoms with Crippen LogP contribution in [0.4, 0.5) is 0 Å². The molecule has 0 unspecified atom stereocenters. The molecule has 0 saturated heterocycles. The van der Waals surface area contributed by atoms with Gasteiger partial charge in [0.2, 0.25) is 0 Å². The first-order valence-electron chi connectivity index (χ1n) is 8.98. The van der Waals surface area contributed by atoms with Crippen LogP contribution in [0.3, 0.4) is 0 Å². The number of likely N-dealkylation sites (N-methyl/N-ethyl adjacent to an activating group) is 1. The largest absolute Gasteiger partial charge is 0.480 e. The lowest BCUT2D eigenvalue weighted by Gasteiger charge is -2.19. The summed E-state index contributed by atoms with van der Waals surface area (Å²) in [4.78, 5) is 12.8. The number of aliphatic carboxylic acids is 1. The van der Waals surface area contributed by atoms with Crippen molar-refractivity contribution in [1.82, 2.24) is 4.90 Å². The highest BCUT2D eigenvalue weighted by Crippen LogP contribution is 2.13. The Morgan fingerprint density at radius 3 is 1.52 bits per heavy atom. The van der Waals surface area contributed by atoms with E-state index < -0.39 is 5.97 Å². The fraction of sp³-hybridized carbons (Fsp3) is 0.944. The smallest absolute Gasteiger partial charge is 0.320 e. The number of hydrogen-bond acceptors (Lipinski definition) is 2. The molecule has 0 rings (SSSR count). The van der Waals surface area contributed by atoms with Crippen molar-refractivity contribution in [2.45, 2.75) is 96.4 Å². The molecule has 0 saturated carbocycles. The predicted octanol–water partition coefficient (Wildman–Crippen LogP) is 5.09. The molecule has 0 aromatic heterocycles. The maximum atomic E-state index is 11.0. The van der Waals surface area contributed by atoms with Crippen LogP contribution in [0.2, 0.25) is 0 Å². The summed E-state index contributed by atoms with van der Waals surface area (Å²) in [6, 6.07) is -0.312. The normalized spacial score (nSPS) is 12.8. The maximum Gasteiger partial charge on any atom is 0.320 e. The third-order valence-corrected chi connectivity index (χ3v) is 4.24. The Morgan fingerprint density at radius 1 is 0.810 bits per heavy atom. The van der Waals surface area contributed by atoms with Crippen LogP contribution in [0.5, 0.6) is 0 Å². The van der Waals surface area contributed by atoms with Gasteiger partial charge in [-0.25, -0.2) is 0 Å². The summed E-state index contributed by atoms with van der Waals surface area (Å²) in [5.74, 6) is -0.692. The molecule has 126 valence electrons. The van der Waals surface area contributed by atoms with Gasteiger partial charge in [-0.3, -0.25) is 9.69 Å². The van der Waals surface area contributed by atoms with Gasteiger partial charge in [0.15, 0.2) is 0 Å². The van der Waals surface area contributed by atoms with Crippen molar-refractivity contribution in [3.05, 3.63) is 0 Å². The average Bonchev–Trinajstić information content (AvgIpc) is 2.43. The second-order valence-electron chi connectivity index (χ2n) is 6.50. The van der Waals surface area contributed by atoms with Crippen molar-refractivity contribution in [3.8, 4) is 0 Å². The predicted molar refractivity (Wildman–Crippen MR) is 90.8 cm³/mol. The summed E-state index contributed by atoms with van der Waals surface area (Å²) in [5, 5.41) is 9.08. The van der Waals surface area contributed by atoms with Gasteiger partial charge >= 0.3 is 5.97 Å². The summed E-state index contributed by atoms with van der Waals surface area (Å²) in [5.41, 5.74) is 0. The molecule has 0 aromatic carbocycles. The summed E-state index contributed by atoms with van der Waals surface area (Å²) >= 11 is 0. The van der Waals surface area contributed by atoms with E-state index in [4.69, 9.17) is 5.11 Å². The highest BCUT2D eigenvalue weighted by atomic mass is 16.4. The fourth-order valence-electron chi connectivity index (χ4n) is 2.78. The quantitative estimate of drug-likeness (QED) is 0.428.